The largest absolute Gasteiger partial charge is 0.497 e. The zero-order valence-electron chi connectivity index (χ0n) is 10.3. The summed E-state index contributed by atoms with van der Waals surface area (Å²) >= 11 is 0. The third kappa shape index (κ3) is 3.64. The summed E-state index contributed by atoms with van der Waals surface area (Å²) in [6, 6.07) is 4.95. The maximum Gasteiger partial charge on any atom is 0.251 e. The van der Waals surface area contributed by atoms with Crippen LogP contribution in [0.15, 0.2) is 18.2 Å². The molecule has 0 aliphatic heterocycles. The number of carbonyl (C=O) groups excluding carboxylic acids is 1. The third-order valence-electron chi connectivity index (χ3n) is 2.34. The second-order valence-corrected chi connectivity index (χ2v) is 3.71. The Morgan fingerprint density at radius 3 is 2.24 bits per heavy atom. The van der Waals surface area contributed by atoms with Gasteiger partial charge in [-0.15, -0.1) is 0 Å². The van der Waals surface area contributed by atoms with Gasteiger partial charge in [0.1, 0.15) is 11.5 Å². The van der Waals surface area contributed by atoms with Crippen molar-refractivity contribution < 1.29 is 14.3 Å². The first kappa shape index (κ1) is 13.3. The molecule has 3 N–H and O–H groups in total. The number of hydrogen-bond acceptors (Lipinski definition) is 4. The van der Waals surface area contributed by atoms with E-state index >= 15 is 0 Å². The van der Waals surface area contributed by atoms with Crippen molar-refractivity contribution in [3.8, 4) is 11.5 Å². The zero-order chi connectivity index (χ0) is 12.8. The molecule has 1 atom stereocenters. The highest BCUT2D eigenvalue weighted by Gasteiger charge is 2.11. The van der Waals surface area contributed by atoms with E-state index in [0.717, 1.165) is 0 Å². The monoisotopic (exact) mass is 238 g/mol. The van der Waals surface area contributed by atoms with Gasteiger partial charge in [-0.2, -0.15) is 0 Å². The molecule has 0 heterocycles. The summed E-state index contributed by atoms with van der Waals surface area (Å²) in [5.41, 5.74) is 5.93. The first-order chi connectivity index (χ1) is 8.10. The maximum atomic E-state index is 11.9. The number of hydrogen-bond donors (Lipinski definition) is 2. The fourth-order valence-electron chi connectivity index (χ4n) is 1.30. The average molecular weight is 238 g/mol. The van der Waals surface area contributed by atoms with Crippen molar-refractivity contribution in [2.24, 2.45) is 5.73 Å². The third-order valence-corrected chi connectivity index (χ3v) is 2.34. The molecule has 94 valence electrons. The molecule has 0 radical (unpaired) electrons. The van der Waals surface area contributed by atoms with Crippen LogP contribution >= 0.6 is 0 Å². The Bertz CT molecular complexity index is 371. The molecular weight excluding hydrogens is 220 g/mol. The van der Waals surface area contributed by atoms with Crippen LogP contribution < -0.4 is 20.5 Å². The number of benzene rings is 1. The zero-order valence-corrected chi connectivity index (χ0v) is 10.3. The fraction of sp³-hybridized carbons (Fsp3) is 0.417. The number of rotatable bonds is 5. The number of carbonyl (C=O) groups is 1. The minimum Gasteiger partial charge on any atom is -0.497 e. The first-order valence-electron chi connectivity index (χ1n) is 5.34. The minimum atomic E-state index is -0.194. The maximum absolute atomic E-state index is 11.9. The van der Waals surface area contributed by atoms with E-state index in [2.05, 4.69) is 5.32 Å². The van der Waals surface area contributed by atoms with Crippen LogP contribution in [0, 0.1) is 0 Å². The summed E-state index contributed by atoms with van der Waals surface area (Å²) in [6.07, 6.45) is 0. The standard InChI is InChI=1S/C12H18N2O3/c1-8(7-13)14-12(15)9-4-10(16-2)6-11(5-9)17-3/h4-6,8H,7,13H2,1-3H3,(H,14,15). The molecule has 0 fully saturated rings. The summed E-state index contributed by atoms with van der Waals surface area (Å²) in [4.78, 5) is 11.9. The number of ether oxygens (including phenoxy) is 2. The molecule has 1 unspecified atom stereocenters. The topological polar surface area (TPSA) is 73.6 Å². The normalized spacial score (nSPS) is 11.8. The van der Waals surface area contributed by atoms with E-state index in [1.807, 2.05) is 6.92 Å². The van der Waals surface area contributed by atoms with Gasteiger partial charge >= 0.3 is 0 Å². The molecule has 1 aromatic carbocycles. The summed E-state index contributed by atoms with van der Waals surface area (Å²) in [6.45, 7) is 2.24. The fourth-order valence-corrected chi connectivity index (χ4v) is 1.30. The molecule has 0 aliphatic carbocycles. The van der Waals surface area contributed by atoms with E-state index in [9.17, 15) is 4.79 Å². The van der Waals surface area contributed by atoms with E-state index in [1.54, 1.807) is 32.4 Å². The lowest BCUT2D eigenvalue weighted by atomic mass is 10.1. The van der Waals surface area contributed by atoms with Crippen molar-refractivity contribution in [1.82, 2.24) is 5.32 Å². The van der Waals surface area contributed by atoms with Gasteiger partial charge in [0.25, 0.3) is 5.91 Å². The molecule has 17 heavy (non-hydrogen) atoms. The van der Waals surface area contributed by atoms with Crippen LogP contribution in [0.1, 0.15) is 17.3 Å². The highest BCUT2D eigenvalue weighted by atomic mass is 16.5. The molecule has 5 nitrogen and oxygen atoms in total. The molecular formula is C12H18N2O3. The van der Waals surface area contributed by atoms with E-state index in [4.69, 9.17) is 15.2 Å². The van der Waals surface area contributed by atoms with Gasteiger partial charge in [-0.05, 0) is 19.1 Å². The Kier molecular flexibility index (Phi) is 4.78. The highest BCUT2D eigenvalue weighted by Crippen LogP contribution is 2.22. The van der Waals surface area contributed by atoms with Gasteiger partial charge in [-0.1, -0.05) is 0 Å². The Hall–Kier alpha value is -1.75. The quantitative estimate of drug-likeness (QED) is 0.795. The van der Waals surface area contributed by atoms with E-state index in [0.29, 0.717) is 23.6 Å². The van der Waals surface area contributed by atoms with Crippen molar-refractivity contribution in [3.63, 3.8) is 0 Å². The van der Waals surface area contributed by atoms with E-state index < -0.39 is 0 Å². The SMILES string of the molecule is COc1cc(OC)cc(C(=O)NC(C)CN)c1. The van der Waals surface area contributed by atoms with Gasteiger partial charge in [0.2, 0.25) is 0 Å². The van der Waals surface area contributed by atoms with Crippen molar-refractivity contribution in [2.75, 3.05) is 20.8 Å². The second-order valence-electron chi connectivity index (χ2n) is 3.71. The Labute approximate surface area is 101 Å². The van der Waals surface area contributed by atoms with Crippen LogP contribution in [-0.2, 0) is 0 Å². The molecule has 1 rings (SSSR count). The summed E-state index contributed by atoms with van der Waals surface area (Å²) in [5, 5.41) is 2.77. The number of methoxy groups -OCH3 is 2. The lowest BCUT2D eigenvalue weighted by Gasteiger charge is -2.12. The van der Waals surface area contributed by atoms with Gasteiger partial charge in [0.15, 0.2) is 0 Å². The molecule has 1 aromatic rings. The van der Waals surface area contributed by atoms with Crippen LogP contribution in [0.3, 0.4) is 0 Å². The van der Waals surface area contributed by atoms with Crippen LogP contribution in [0.2, 0.25) is 0 Å². The Balaban J connectivity index is 2.92. The molecule has 1 amide bonds. The average Bonchev–Trinajstić information content (AvgIpc) is 2.37. The van der Waals surface area contributed by atoms with Gasteiger partial charge in [0.05, 0.1) is 14.2 Å². The second kappa shape index (κ2) is 6.10. The summed E-state index contributed by atoms with van der Waals surface area (Å²) in [7, 11) is 3.08. The molecule has 0 saturated carbocycles. The summed E-state index contributed by atoms with van der Waals surface area (Å²) in [5.74, 6) is 0.963. The highest BCUT2D eigenvalue weighted by molar-refractivity contribution is 5.95. The van der Waals surface area contributed by atoms with Crippen molar-refractivity contribution in [2.45, 2.75) is 13.0 Å². The van der Waals surface area contributed by atoms with Gasteiger partial charge < -0.3 is 20.5 Å². The summed E-state index contributed by atoms with van der Waals surface area (Å²) < 4.78 is 10.2. The Morgan fingerprint density at radius 2 is 1.82 bits per heavy atom. The lowest BCUT2D eigenvalue weighted by molar-refractivity contribution is 0.0940. The smallest absolute Gasteiger partial charge is 0.251 e. The molecule has 0 saturated heterocycles. The van der Waals surface area contributed by atoms with Gasteiger partial charge in [-0.3, -0.25) is 4.79 Å². The van der Waals surface area contributed by atoms with Crippen LogP contribution in [0.25, 0.3) is 0 Å². The van der Waals surface area contributed by atoms with Crippen LogP contribution in [0.4, 0.5) is 0 Å². The van der Waals surface area contributed by atoms with Crippen molar-refractivity contribution in [3.05, 3.63) is 23.8 Å². The molecule has 0 aliphatic rings. The lowest BCUT2D eigenvalue weighted by Crippen LogP contribution is -2.37. The van der Waals surface area contributed by atoms with Gasteiger partial charge in [-0.25, -0.2) is 0 Å². The molecule has 0 aromatic heterocycles. The first-order valence-corrected chi connectivity index (χ1v) is 5.34. The molecule has 0 spiro atoms. The van der Waals surface area contributed by atoms with Crippen LogP contribution in [-0.4, -0.2) is 32.7 Å². The van der Waals surface area contributed by atoms with Crippen molar-refractivity contribution >= 4 is 5.91 Å². The molecule has 0 bridgehead atoms. The predicted molar refractivity (Wildman–Crippen MR) is 65.5 cm³/mol. The number of nitrogens with one attached hydrogen (secondary N) is 1. The number of nitrogens with two attached hydrogens (primary N) is 1. The van der Waals surface area contributed by atoms with Crippen LogP contribution in [0.5, 0.6) is 11.5 Å². The number of amides is 1. The van der Waals surface area contributed by atoms with E-state index in [-0.39, 0.29) is 11.9 Å². The molecule has 5 heteroatoms. The van der Waals surface area contributed by atoms with Crippen molar-refractivity contribution in [1.29, 1.82) is 0 Å². The Morgan fingerprint density at radius 1 is 1.29 bits per heavy atom. The minimum absolute atomic E-state index is 0.0697. The predicted octanol–water partition coefficient (Wildman–Crippen LogP) is 0.781. The van der Waals surface area contributed by atoms with E-state index in [1.165, 1.54) is 0 Å². The van der Waals surface area contributed by atoms with Gasteiger partial charge in [0, 0.05) is 24.2 Å².